The van der Waals surface area contributed by atoms with E-state index in [1.54, 1.807) is 0 Å². The topological polar surface area (TPSA) is 29.1 Å². The maximum Gasteiger partial charge on any atom is 0.227 e. The highest BCUT2D eigenvalue weighted by molar-refractivity contribution is 5.95. The molecule has 1 fully saturated rings. The van der Waals surface area contributed by atoms with Crippen molar-refractivity contribution in [2.75, 3.05) is 5.32 Å². The number of anilines is 1. The average molecular weight is 265 g/mol. The van der Waals surface area contributed by atoms with Gasteiger partial charge < -0.3 is 5.32 Å². The van der Waals surface area contributed by atoms with E-state index in [4.69, 9.17) is 0 Å². The van der Waals surface area contributed by atoms with E-state index in [2.05, 4.69) is 30.4 Å². The first kappa shape index (κ1) is 12.9. The minimum absolute atomic E-state index is 0.165. The van der Waals surface area contributed by atoms with Crippen molar-refractivity contribution in [3.05, 3.63) is 65.7 Å². The molecule has 1 aliphatic rings. The molecular weight excluding hydrogens is 246 g/mol. The second-order valence-corrected chi connectivity index (χ2v) is 5.63. The first-order chi connectivity index (χ1) is 9.74. The van der Waals surface area contributed by atoms with Gasteiger partial charge in [-0.25, -0.2) is 0 Å². The third-order valence-electron chi connectivity index (χ3n) is 3.96. The summed E-state index contributed by atoms with van der Waals surface area (Å²) in [4.78, 5) is 12.1. The van der Waals surface area contributed by atoms with E-state index in [1.165, 1.54) is 11.1 Å². The second-order valence-electron chi connectivity index (χ2n) is 5.63. The lowest BCUT2D eigenvalue weighted by Crippen LogP contribution is -2.15. The molecule has 3 rings (SSSR count). The summed E-state index contributed by atoms with van der Waals surface area (Å²) in [5, 5.41) is 3.08. The number of para-hydroxylation sites is 1. The fourth-order valence-electron chi connectivity index (χ4n) is 2.53. The van der Waals surface area contributed by atoms with Crippen molar-refractivity contribution in [1.82, 2.24) is 0 Å². The minimum atomic E-state index is 0.165. The molecular formula is C18H19NO. The van der Waals surface area contributed by atoms with Crippen LogP contribution in [0.5, 0.6) is 0 Å². The van der Waals surface area contributed by atoms with E-state index in [1.807, 2.05) is 36.4 Å². The van der Waals surface area contributed by atoms with Gasteiger partial charge in [0.05, 0.1) is 0 Å². The predicted molar refractivity (Wildman–Crippen MR) is 81.6 cm³/mol. The first-order valence-corrected chi connectivity index (χ1v) is 7.17. The Balaban J connectivity index is 1.76. The van der Waals surface area contributed by atoms with Gasteiger partial charge in [0.1, 0.15) is 0 Å². The third kappa shape index (κ3) is 2.90. The van der Waals surface area contributed by atoms with Crippen LogP contribution in [-0.4, -0.2) is 5.91 Å². The normalized spacial score (nSPS) is 20.4. The van der Waals surface area contributed by atoms with Crippen LogP contribution in [0.25, 0.3) is 0 Å². The molecule has 2 nitrogen and oxygen atoms in total. The van der Waals surface area contributed by atoms with Crippen LogP contribution in [0.4, 0.5) is 5.69 Å². The Bertz CT molecular complexity index is 606. The lowest BCUT2D eigenvalue weighted by atomic mass is 10.0. The SMILES string of the molecule is CC1CC1C(=O)Nc1ccccc1Cc1ccccc1. The maximum absolute atomic E-state index is 12.1. The molecule has 0 bridgehead atoms. The monoisotopic (exact) mass is 265 g/mol. The van der Waals surface area contributed by atoms with Crippen molar-refractivity contribution in [2.24, 2.45) is 11.8 Å². The number of rotatable bonds is 4. The van der Waals surface area contributed by atoms with Gasteiger partial charge in [-0.05, 0) is 36.0 Å². The molecule has 1 aliphatic carbocycles. The highest BCUT2D eigenvalue weighted by atomic mass is 16.2. The Hall–Kier alpha value is -2.09. The standard InChI is InChI=1S/C18H19NO/c1-13-11-16(13)18(20)19-17-10-6-5-9-15(17)12-14-7-3-2-4-8-14/h2-10,13,16H,11-12H2,1H3,(H,19,20). The van der Waals surface area contributed by atoms with Crippen LogP contribution in [0.15, 0.2) is 54.6 Å². The molecule has 20 heavy (non-hydrogen) atoms. The van der Waals surface area contributed by atoms with Gasteiger partial charge in [0.25, 0.3) is 0 Å². The summed E-state index contributed by atoms with van der Waals surface area (Å²) in [5.41, 5.74) is 3.37. The largest absolute Gasteiger partial charge is 0.326 e. The zero-order valence-electron chi connectivity index (χ0n) is 11.7. The van der Waals surface area contributed by atoms with Crippen LogP contribution in [0.3, 0.4) is 0 Å². The lowest BCUT2D eigenvalue weighted by molar-refractivity contribution is -0.117. The van der Waals surface area contributed by atoms with Crippen molar-refractivity contribution < 1.29 is 4.79 Å². The summed E-state index contributed by atoms with van der Waals surface area (Å²) in [7, 11) is 0. The van der Waals surface area contributed by atoms with Crippen LogP contribution in [0.1, 0.15) is 24.5 Å². The van der Waals surface area contributed by atoms with Crippen LogP contribution in [0.2, 0.25) is 0 Å². The van der Waals surface area contributed by atoms with Gasteiger partial charge in [-0.15, -0.1) is 0 Å². The fraction of sp³-hybridized carbons (Fsp3) is 0.278. The summed E-state index contributed by atoms with van der Waals surface area (Å²) < 4.78 is 0. The van der Waals surface area contributed by atoms with E-state index >= 15 is 0 Å². The number of benzene rings is 2. The van der Waals surface area contributed by atoms with Gasteiger partial charge in [-0.1, -0.05) is 55.5 Å². The molecule has 1 N–H and O–H groups in total. The van der Waals surface area contributed by atoms with Gasteiger partial charge >= 0.3 is 0 Å². The molecule has 0 heterocycles. The molecule has 2 unspecified atom stereocenters. The number of carbonyl (C=O) groups excluding carboxylic acids is 1. The molecule has 1 saturated carbocycles. The van der Waals surface area contributed by atoms with Gasteiger partial charge in [-0.3, -0.25) is 4.79 Å². The van der Waals surface area contributed by atoms with Gasteiger partial charge in [0.15, 0.2) is 0 Å². The van der Waals surface area contributed by atoms with Crippen LogP contribution < -0.4 is 5.32 Å². The van der Waals surface area contributed by atoms with E-state index in [0.717, 1.165) is 18.5 Å². The van der Waals surface area contributed by atoms with Crippen LogP contribution in [-0.2, 0) is 11.2 Å². The first-order valence-electron chi connectivity index (χ1n) is 7.17. The summed E-state index contributed by atoms with van der Waals surface area (Å²) in [5.74, 6) is 0.911. The van der Waals surface area contributed by atoms with Crippen molar-refractivity contribution in [3.8, 4) is 0 Å². The van der Waals surface area contributed by atoms with Gasteiger partial charge in [0, 0.05) is 11.6 Å². The summed E-state index contributed by atoms with van der Waals surface area (Å²) in [6.07, 6.45) is 1.87. The summed E-state index contributed by atoms with van der Waals surface area (Å²) >= 11 is 0. The number of hydrogen-bond donors (Lipinski definition) is 1. The zero-order chi connectivity index (χ0) is 13.9. The molecule has 0 saturated heterocycles. The Labute approximate surface area is 119 Å². The summed E-state index contributed by atoms with van der Waals surface area (Å²) in [6.45, 7) is 2.13. The van der Waals surface area contributed by atoms with Gasteiger partial charge in [0.2, 0.25) is 5.91 Å². The quantitative estimate of drug-likeness (QED) is 0.893. The average Bonchev–Trinajstić information content (AvgIpc) is 3.19. The Kier molecular flexibility index (Phi) is 3.55. The smallest absolute Gasteiger partial charge is 0.227 e. The maximum atomic E-state index is 12.1. The molecule has 102 valence electrons. The number of hydrogen-bond acceptors (Lipinski definition) is 1. The second kappa shape index (κ2) is 5.49. The van der Waals surface area contributed by atoms with Crippen molar-refractivity contribution in [3.63, 3.8) is 0 Å². The molecule has 2 heteroatoms. The number of nitrogens with one attached hydrogen (secondary N) is 1. The lowest BCUT2D eigenvalue weighted by Gasteiger charge is -2.11. The molecule has 0 spiro atoms. The zero-order valence-corrected chi connectivity index (χ0v) is 11.7. The molecule has 2 aromatic carbocycles. The number of amides is 1. The van der Waals surface area contributed by atoms with E-state index in [9.17, 15) is 4.79 Å². The fourth-order valence-corrected chi connectivity index (χ4v) is 2.53. The third-order valence-corrected chi connectivity index (χ3v) is 3.96. The Morgan fingerprint density at radius 2 is 1.75 bits per heavy atom. The molecule has 0 aliphatic heterocycles. The van der Waals surface area contributed by atoms with E-state index in [-0.39, 0.29) is 11.8 Å². The Morgan fingerprint density at radius 1 is 1.10 bits per heavy atom. The van der Waals surface area contributed by atoms with Crippen molar-refractivity contribution >= 4 is 11.6 Å². The van der Waals surface area contributed by atoms with Crippen LogP contribution in [0, 0.1) is 11.8 Å². The minimum Gasteiger partial charge on any atom is -0.326 e. The molecule has 1 amide bonds. The predicted octanol–water partition coefficient (Wildman–Crippen LogP) is 3.87. The molecule has 2 atom stereocenters. The van der Waals surface area contributed by atoms with E-state index in [0.29, 0.717) is 5.92 Å². The molecule has 2 aromatic rings. The number of carbonyl (C=O) groups is 1. The van der Waals surface area contributed by atoms with E-state index < -0.39 is 0 Å². The molecule has 0 aromatic heterocycles. The highest BCUT2D eigenvalue weighted by Gasteiger charge is 2.39. The highest BCUT2D eigenvalue weighted by Crippen LogP contribution is 2.38. The van der Waals surface area contributed by atoms with Gasteiger partial charge in [-0.2, -0.15) is 0 Å². The summed E-state index contributed by atoms with van der Waals surface area (Å²) in [6, 6.07) is 18.4. The Morgan fingerprint density at radius 3 is 2.45 bits per heavy atom. The van der Waals surface area contributed by atoms with Crippen LogP contribution >= 0.6 is 0 Å². The molecule has 0 radical (unpaired) electrons. The van der Waals surface area contributed by atoms with Crippen molar-refractivity contribution in [2.45, 2.75) is 19.8 Å². The van der Waals surface area contributed by atoms with Crippen molar-refractivity contribution in [1.29, 1.82) is 0 Å².